The maximum Gasteiger partial charge on any atom is 0.306 e. The highest BCUT2D eigenvalue weighted by Crippen LogP contribution is 2.15. The molecule has 6 nitrogen and oxygen atoms in total. The minimum atomic E-state index is -0.800. The number of hydrogen-bond acceptors (Lipinski definition) is 6. The molecule has 0 saturated heterocycles. The Morgan fingerprint density at radius 3 is 0.853 bits per heavy atom. The summed E-state index contributed by atoms with van der Waals surface area (Å²) in [6.07, 6.45) is 84.1. The molecule has 0 spiro atoms. The second kappa shape index (κ2) is 62.9. The average molecular weight is 1040 g/mol. The fourth-order valence-corrected chi connectivity index (χ4v) is 8.79. The van der Waals surface area contributed by atoms with Crippen LogP contribution in [0.4, 0.5) is 0 Å². The van der Waals surface area contributed by atoms with Crippen LogP contribution in [0.25, 0.3) is 0 Å². The Morgan fingerprint density at radius 2 is 0.520 bits per heavy atom. The van der Waals surface area contributed by atoms with E-state index in [1.165, 1.54) is 167 Å². The van der Waals surface area contributed by atoms with Gasteiger partial charge in [-0.05, 0) is 122 Å². The quantitative estimate of drug-likeness (QED) is 0.0261. The van der Waals surface area contributed by atoms with Gasteiger partial charge in [0.1, 0.15) is 13.2 Å². The van der Waals surface area contributed by atoms with E-state index >= 15 is 0 Å². The Hall–Kier alpha value is -3.67. The van der Waals surface area contributed by atoms with Gasteiger partial charge >= 0.3 is 17.9 Å². The van der Waals surface area contributed by atoms with Gasteiger partial charge in [0, 0.05) is 19.3 Å². The molecule has 75 heavy (non-hydrogen) atoms. The molecule has 6 heteroatoms. The van der Waals surface area contributed by atoms with Crippen LogP contribution < -0.4 is 0 Å². The molecule has 0 aliphatic rings. The topological polar surface area (TPSA) is 78.9 Å². The van der Waals surface area contributed by atoms with Crippen molar-refractivity contribution in [2.75, 3.05) is 13.2 Å². The van der Waals surface area contributed by atoms with Gasteiger partial charge in [0.15, 0.2) is 6.10 Å². The van der Waals surface area contributed by atoms with Gasteiger partial charge in [-0.25, -0.2) is 0 Å². The minimum absolute atomic E-state index is 0.0942. The number of esters is 3. The molecule has 0 N–H and O–H groups in total. The number of ether oxygens (including phenoxy) is 3. The smallest absolute Gasteiger partial charge is 0.306 e. The van der Waals surface area contributed by atoms with Crippen molar-refractivity contribution in [3.05, 3.63) is 97.2 Å². The highest BCUT2D eigenvalue weighted by molar-refractivity contribution is 5.71. The number of hydrogen-bond donors (Lipinski definition) is 0. The predicted molar refractivity (Wildman–Crippen MR) is 325 cm³/mol. The molecule has 0 aromatic rings. The van der Waals surface area contributed by atoms with Crippen molar-refractivity contribution < 1.29 is 28.6 Å². The van der Waals surface area contributed by atoms with Gasteiger partial charge in [0.2, 0.25) is 0 Å². The summed E-state index contributed by atoms with van der Waals surface area (Å²) in [5, 5.41) is 0. The zero-order valence-corrected chi connectivity index (χ0v) is 49.3. The molecule has 0 aliphatic carbocycles. The molecule has 0 aromatic carbocycles. The van der Waals surface area contributed by atoms with Crippen LogP contribution in [0.3, 0.4) is 0 Å². The van der Waals surface area contributed by atoms with Gasteiger partial charge in [-0.2, -0.15) is 0 Å². The molecule has 0 rings (SSSR count). The molecule has 1 unspecified atom stereocenters. The normalized spacial score (nSPS) is 12.7. The van der Waals surface area contributed by atoms with Crippen LogP contribution in [-0.2, 0) is 28.6 Å². The molecule has 0 heterocycles. The molecule has 430 valence electrons. The van der Waals surface area contributed by atoms with Crippen molar-refractivity contribution in [1.29, 1.82) is 0 Å². The van der Waals surface area contributed by atoms with E-state index in [4.69, 9.17) is 14.2 Å². The van der Waals surface area contributed by atoms with Crippen molar-refractivity contribution >= 4 is 17.9 Å². The third-order valence-electron chi connectivity index (χ3n) is 13.5. The van der Waals surface area contributed by atoms with E-state index in [-0.39, 0.29) is 31.1 Å². The SMILES string of the molecule is CC/C=C\C/C=C\C/C=C\C/C=C\CCCCC(=O)OCC(COC(=O)CCCCCCCCCCCC/C=C\C/C=C\C/C=C\CCCCCCC)OC(=O)CCCCCCCCC/C=C\CCCCCCCC. The van der Waals surface area contributed by atoms with Crippen molar-refractivity contribution in [3.63, 3.8) is 0 Å². The molecule has 0 amide bonds. The lowest BCUT2D eigenvalue weighted by molar-refractivity contribution is -0.167. The van der Waals surface area contributed by atoms with E-state index in [0.29, 0.717) is 19.3 Å². The van der Waals surface area contributed by atoms with Gasteiger partial charge in [0.25, 0.3) is 0 Å². The molecular formula is C69H118O6. The fourth-order valence-electron chi connectivity index (χ4n) is 8.79. The van der Waals surface area contributed by atoms with Gasteiger partial charge in [-0.1, -0.05) is 259 Å². The summed E-state index contributed by atoms with van der Waals surface area (Å²) in [5.74, 6) is -0.937. The Labute approximate surface area is 464 Å². The van der Waals surface area contributed by atoms with E-state index in [9.17, 15) is 14.4 Å². The lowest BCUT2D eigenvalue weighted by Gasteiger charge is -2.18. The molecule has 0 fully saturated rings. The fraction of sp³-hybridized carbons (Fsp3) is 0.725. The van der Waals surface area contributed by atoms with E-state index in [1.54, 1.807) is 0 Å². The molecule has 0 radical (unpaired) electrons. The second-order valence-corrected chi connectivity index (χ2v) is 20.9. The van der Waals surface area contributed by atoms with E-state index < -0.39 is 6.10 Å². The summed E-state index contributed by atoms with van der Waals surface area (Å²) in [7, 11) is 0. The van der Waals surface area contributed by atoms with Crippen molar-refractivity contribution in [3.8, 4) is 0 Å². The molecule has 0 saturated carbocycles. The first-order valence-electron chi connectivity index (χ1n) is 31.7. The second-order valence-electron chi connectivity index (χ2n) is 20.9. The summed E-state index contributed by atoms with van der Waals surface area (Å²) in [5.41, 5.74) is 0. The molecule has 1 atom stereocenters. The first kappa shape index (κ1) is 71.3. The zero-order valence-electron chi connectivity index (χ0n) is 49.3. The summed E-state index contributed by atoms with van der Waals surface area (Å²) < 4.78 is 16.9. The minimum Gasteiger partial charge on any atom is -0.462 e. The maximum absolute atomic E-state index is 12.9. The number of carbonyl (C=O) groups excluding carboxylic acids is 3. The molecule has 0 aromatic heterocycles. The highest BCUT2D eigenvalue weighted by Gasteiger charge is 2.19. The first-order valence-corrected chi connectivity index (χ1v) is 31.7. The number of unbranched alkanes of at least 4 members (excludes halogenated alkanes) is 30. The summed E-state index contributed by atoms with van der Waals surface area (Å²) >= 11 is 0. The van der Waals surface area contributed by atoms with E-state index in [2.05, 4.69) is 118 Å². The largest absolute Gasteiger partial charge is 0.462 e. The standard InChI is InChI=1S/C69H118O6/c1-4-7-10-13-16-19-22-25-28-30-31-32-33-34-35-36-37-39-41-44-47-50-53-56-59-62-68(71)74-65-66(64-73-67(70)61-58-55-52-49-46-43-40-27-24-21-18-15-12-9-6-3)75-69(72)63-60-57-54-51-48-45-42-38-29-26-23-20-17-14-11-8-5-2/h9,12,18,21-22,25-27,29-31,33-34,40,46,49,66H,4-8,10-11,13-17,19-20,23-24,28,32,35-39,41-45,47-48,50-65H2,1-3H3/b12-9-,21-18-,25-22-,29-26-,31-30-,34-33-,40-27-,49-46-. The molecule has 0 bridgehead atoms. The first-order chi connectivity index (χ1) is 37.0. The van der Waals surface area contributed by atoms with Gasteiger partial charge in [0.05, 0.1) is 0 Å². The molecule has 0 aliphatic heterocycles. The van der Waals surface area contributed by atoms with Gasteiger partial charge in [-0.3, -0.25) is 14.4 Å². The Bertz CT molecular complexity index is 1480. The van der Waals surface area contributed by atoms with Crippen LogP contribution in [0.1, 0.15) is 303 Å². The summed E-state index contributed by atoms with van der Waals surface area (Å²) in [6, 6.07) is 0. The third-order valence-corrected chi connectivity index (χ3v) is 13.5. The Kier molecular flexibility index (Phi) is 59.8. The van der Waals surface area contributed by atoms with Crippen molar-refractivity contribution in [1.82, 2.24) is 0 Å². The maximum atomic E-state index is 12.9. The van der Waals surface area contributed by atoms with Crippen molar-refractivity contribution in [2.24, 2.45) is 0 Å². The van der Waals surface area contributed by atoms with Crippen LogP contribution in [0, 0.1) is 0 Å². The number of rotatable bonds is 57. The van der Waals surface area contributed by atoms with Crippen LogP contribution in [0.15, 0.2) is 97.2 Å². The number of carbonyl (C=O) groups is 3. The van der Waals surface area contributed by atoms with Crippen LogP contribution in [0.2, 0.25) is 0 Å². The van der Waals surface area contributed by atoms with E-state index in [1.807, 2.05) is 0 Å². The molecular weight excluding hydrogens is 925 g/mol. The summed E-state index contributed by atoms with van der Waals surface area (Å²) in [6.45, 7) is 6.49. The Balaban J connectivity index is 4.38. The third kappa shape index (κ3) is 61.1. The van der Waals surface area contributed by atoms with Crippen LogP contribution in [0.5, 0.6) is 0 Å². The highest BCUT2D eigenvalue weighted by atomic mass is 16.6. The average Bonchev–Trinajstić information content (AvgIpc) is 3.41. The lowest BCUT2D eigenvalue weighted by Crippen LogP contribution is -2.30. The number of allylic oxidation sites excluding steroid dienone is 16. The van der Waals surface area contributed by atoms with Crippen LogP contribution >= 0.6 is 0 Å². The Morgan fingerprint density at radius 1 is 0.280 bits per heavy atom. The monoisotopic (exact) mass is 1040 g/mol. The van der Waals surface area contributed by atoms with E-state index in [0.717, 1.165) is 96.3 Å². The summed E-state index contributed by atoms with van der Waals surface area (Å²) in [4.78, 5) is 38.3. The zero-order chi connectivity index (χ0) is 54.3. The lowest BCUT2D eigenvalue weighted by atomic mass is 10.1. The van der Waals surface area contributed by atoms with Crippen LogP contribution in [-0.4, -0.2) is 37.2 Å². The van der Waals surface area contributed by atoms with Gasteiger partial charge in [-0.15, -0.1) is 0 Å². The van der Waals surface area contributed by atoms with Gasteiger partial charge < -0.3 is 14.2 Å². The van der Waals surface area contributed by atoms with Crippen molar-refractivity contribution in [2.45, 2.75) is 309 Å². The predicted octanol–water partition coefficient (Wildman–Crippen LogP) is 21.7.